The van der Waals surface area contributed by atoms with E-state index in [2.05, 4.69) is 28.2 Å². The molecule has 0 bridgehead atoms. The van der Waals surface area contributed by atoms with Crippen molar-refractivity contribution in [3.05, 3.63) is 38.3 Å². The van der Waals surface area contributed by atoms with Gasteiger partial charge in [-0.25, -0.2) is 0 Å². The second kappa shape index (κ2) is 6.48. The molecular formula is C14H19BrN2O2. The fourth-order valence-electron chi connectivity index (χ4n) is 2.71. The molecule has 0 radical (unpaired) electrons. The molecule has 0 amide bonds. The van der Waals surface area contributed by atoms with Gasteiger partial charge < -0.3 is 5.32 Å². The molecule has 1 aromatic carbocycles. The molecule has 1 fully saturated rings. The highest BCUT2D eigenvalue weighted by molar-refractivity contribution is 9.10. The Morgan fingerprint density at radius 3 is 2.79 bits per heavy atom. The number of hydrogen-bond acceptors (Lipinski definition) is 3. The molecule has 1 N–H and O–H groups in total. The predicted molar refractivity (Wildman–Crippen MR) is 79.1 cm³/mol. The second-order valence-corrected chi connectivity index (χ2v) is 6.24. The number of non-ortho nitro benzene ring substituents is 1. The number of nitrogens with one attached hydrogen (secondary N) is 1. The maximum Gasteiger partial charge on any atom is 0.270 e. The molecule has 19 heavy (non-hydrogen) atoms. The first kappa shape index (κ1) is 14.5. The summed E-state index contributed by atoms with van der Waals surface area (Å²) in [6.45, 7) is 2.97. The summed E-state index contributed by atoms with van der Waals surface area (Å²) in [6.07, 6.45) is 5.08. The van der Waals surface area contributed by atoms with E-state index in [-0.39, 0.29) is 10.6 Å². The van der Waals surface area contributed by atoms with Crippen LogP contribution < -0.4 is 5.32 Å². The molecule has 5 heteroatoms. The fourth-order valence-corrected chi connectivity index (χ4v) is 3.24. The van der Waals surface area contributed by atoms with Crippen LogP contribution in [0.3, 0.4) is 0 Å². The number of halogens is 1. The van der Waals surface area contributed by atoms with Crippen LogP contribution in [0.5, 0.6) is 0 Å². The number of nitro groups is 1. The quantitative estimate of drug-likeness (QED) is 0.671. The zero-order valence-corrected chi connectivity index (χ0v) is 12.6. The molecule has 0 heterocycles. The van der Waals surface area contributed by atoms with Crippen molar-refractivity contribution in [3.8, 4) is 0 Å². The Labute approximate surface area is 121 Å². The third-order valence-corrected chi connectivity index (χ3v) is 4.29. The molecule has 0 saturated heterocycles. The first-order valence-electron chi connectivity index (χ1n) is 6.73. The van der Waals surface area contributed by atoms with Gasteiger partial charge in [0.25, 0.3) is 5.69 Å². The van der Waals surface area contributed by atoms with Gasteiger partial charge in [0.2, 0.25) is 0 Å². The van der Waals surface area contributed by atoms with Crippen LogP contribution in [0.1, 0.15) is 38.2 Å². The summed E-state index contributed by atoms with van der Waals surface area (Å²) >= 11 is 3.33. The normalized spacial score (nSPS) is 23.3. The Morgan fingerprint density at radius 1 is 1.37 bits per heavy atom. The Balaban J connectivity index is 2.00. The highest BCUT2D eigenvalue weighted by Crippen LogP contribution is 2.25. The number of rotatable bonds is 4. The van der Waals surface area contributed by atoms with Gasteiger partial charge in [-0.15, -0.1) is 0 Å². The van der Waals surface area contributed by atoms with Crippen LogP contribution in [0.4, 0.5) is 5.69 Å². The molecule has 1 aromatic rings. The van der Waals surface area contributed by atoms with E-state index in [4.69, 9.17) is 0 Å². The highest BCUT2D eigenvalue weighted by atomic mass is 79.9. The van der Waals surface area contributed by atoms with Crippen LogP contribution in [-0.4, -0.2) is 11.0 Å². The van der Waals surface area contributed by atoms with Gasteiger partial charge in [0.1, 0.15) is 0 Å². The Bertz CT molecular complexity index is 465. The van der Waals surface area contributed by atoms with Crippen molar-refractivity contribution in [2.24, 2.45) is 5.92 Å². The summed E-state index contributed by atoms with van der Waals surface area (Å²) in [7, 11) is 0. The van der Waals surface area contributed by atoms with Gasteiger partial charge in [-0.05, 0) is 30.4 Å². The summed E-state index contributed by atoms with van der Waals surface area (Å²) in [5.41, 5.74) is 1.10. The maximum atomic E-state index is 10.8. The van der Waals surface area contributed by atoms with Gasteiger partial charge >= 0.3 is 0 Å². The Morgan fingerprint density at radius 2 is 2.11 bits per heavy atom. The molecule has 2 atom stereocenters. The van der Waals surface area contributed by atoms with E-state index >= 15 is 0 Å². The monoisotopic (exact) mass is 326 g/mol. The van der Waals surface area contributed by atoms with Gasteiger partial charge in [0.05, 0.1) is 4.92 Å². The third-order valence-electron chi connectivity index (χ3n) is 3.83. The number of benzene rings is 1. The third kappa shape index (κ3) is 4.01. The van der Waals surface area contributed by atoms with Crippen molar-refractivity contribution in [3.63, 3.8) is 0 Å². The van der Waals surface area contributed by atoms with E-state index in [9.17, 15) is 10.1 Å². The minimum Gasteiger partial charge on any atom is -0.310 e. The smallest absolute Gasteiger partial charge is 0.270 e. The molecule has 2 rings (SSSR count). The minimum absolute atomic E-state index is 0.142. The largest absolute Gasteiger partial charge is 0.310 e. The van der Waals surface area contributed by atoms with Crippen LogP contribution >= 0.6 is 15.9 Å². The predicted octanol–water partition coefficient (Wildman–Crippen LogP) is 4.03. The molecule has 4 nitrogen and oxygen atoms in total. The lowest BCUT2D eigenvalue weighted by Crippen LogP contribution is -2.36. The van der Waals surface area contributed by atoms with E-state index in [1.807, 2.05) is 6.07 Å². The average molecular weight is 327 g/mol. The van der Waals surface area contributed by atoms with Crippen LogP contribution in [0.25, 0.3) is 0 Å². The molecule has 0 aliphatic heterocycles. The lowest BCUT2D eigenvalue weighted by Gasteiger charge is -2.29. The van der Waals surface area contributed by atoms with Crippen LogP contribution in [0.15, 0.2) is 22.7 Å². The van der Waals surface area contributed by atoms with Crippen molar-refractivity contribution in [2.45, 2.75) is 45.2 Å². The van der Waals surface area contributed by atoms with E-state index in [0.29, 0.717) is 18.5 Å². The van der Waals surface area contributed by atoms with Crippen molar-refractivity contribution in [2.75, 3.05) is 0 Å². The van der Waals surface area contributed by atoms with Crippen LogP contribution in [0.2, 0.25) is 0 Å². The van der Waals surface area contributed by atoms with Gasteiger partial charge in [-0.2, -0.15) is 0 Å². The second-order valence-electron chi connectivity index (χ2n) is 5.32. The van der Waals surface area contributed by atoms with Gasteiger partial charge in [-0.3, -0.25) is 10.1 Å². The molecule has 104 valence electrons. The lowest BCUT2D eigenvalue weighted by molar-refractivity contribution is -0.385. The lowest BCUT2D eigenvalue weighted by atomic mass is 9.86. The van der Waals surface area contributed by atoms with Crippen molar-refractivity contribution in [1.82, 2.24) is 5.32 Å². The highest BCUT2D eigenvalue weighted by Gasteiger charge is 2.20. The summed E-state index contributed by atoms with van der Waals surface area (Å²) in [6, 6.07) is 5.65. The molecule has 1 aliphatic rings. The van der Waals surface area contributed by atoms with Gasteiger partial charge in [0.15, 0.2) is 0 Å². The first-order chi connectivity index (χ1) is 9.06. The molecular weight excluding hydrogens is 308 g/mol. The molecule has 0 aromatic heterocycles. The number of nitrogens with zero attached hydrogens (tertiary/aromatic N) is 1. The molecule has 1 saturated carbocycles. The molecule has 1 aliphatic carbocycles. The van der Waals surface area contributed by atoms with Gasteiger partial charge in [-0.1, -0.05) is 35.7 Å². The van der Waals surface area contributed by atoms with Crippen molar-refractivity contribution < 1.29 is 4.92 Å². The molecule has 2 unspecified atom stereocenters. The standard InChI is InChI=1S/C14H19BrN2O2/c1-10-4-2-3-5-14(10)16-9-11-6-12(15)8-13(7-11)17(18)19/h6-8,10,14,16H,2-5,9H2,1H3. The zero-order valence-electron chi connectivity index (χ0n) is 11.1. The average Bonchev–Trinajstić information content (AvgIpc) is 2.37. The fraction of sp³-hybridized carbons (Fsp3) is 0.571. The molecule has 0 spiro atoms. The SMILES string of the molecule is CC1CCCCC1NCc1cc(Br)cc([N+](=O)[O-])c1. The number of hydrogen-bond donors (Lipinski definition) is 1. The summed E-state index contributed by atoms with van der Waals surface area (Å²) in [5.74, 6) is 0.691. The van der Waals surface area contributed by atoms with Crippen molar-refractivity contribution >= 4 is 21.6 Å². The van der Waals surface area contributed by atoms with Crippen LogP contribution in [0, 0.1) is 16.0 Å². The van der Waals surface area contributed by atoms with E-state index in [1.54, 1.807) is 6.07 Å². The summed E-state index contributed by atoms with van der Waals surface area (Å²) < 4.78 is 0.759. The Kier molecular flexibility index (Phi) is 4.93. The summed E-state index contributed by atoms with van der Waals surface area (Å²) in [4.78, 5) is 10.5. The first-order valence-corrected chi connectivity index (χ1v) is 7.53. The maximum absolute atomic E-state index is 10.8. The van der Waals surface area contributed by atoms with Crippen molar-refractivity contribution in [1.29, 1.82) is 0 Å². The zero-order chi connectivity index (χ0) is 13.8. The Hall–Kier alpha value is -0.940. The van der Waals surface area contributed by atoms with E-state index in [0.717, 1.165) is 10.0 Å². The van der Waals surface area contributed by atoms with Gasteiger partial charge in [0, 0.05) is 29.2 Å². The minimum atomic E-state index is -0.350. The van der Waals surface area contributed by atoms with Crippen LogP contribution in [-0.2, 0) is 6.54 Å². The summed E-state index contributed by atoms with van der Waals surface area (Å²) in [5, 5.41) is 14.4. The van der Waals surface area contributed by atoms with E-state index < -0.39 is 0 Å². The topological polar surface area (TPSA) is 55.2 Å². The van der Waals surface area contributed by atoms with E-state index in [1.165, 1.54) is 31.7 Å². The number of nitro benzene ring substituents is 1.